The number of nitrogens with zero attached hydrogens (tertiary/aromatic N) is 1. The van der Waals surface area contributed by atoms with E-state index in [2.05, 4.69) is 15.3 Å². The Labute approximate surface area is 91.8 Å². The number of amides is 1. The Morgan fingerprint density at radius 3 is 2.56 bits per heavy atom. The van der Waals surface area contributed by atoms with Crippen molar-refractivity contribution in [1.29, 1.82) is 0 Å². The average molecular weight is 227 g/mol. The van der Waals surface area contributed by atoms with Crippen molar-refractivity contribution >= 4 is 17.9 Å². The van der Waals surface area contributed by atoms with Crippen molar-refractivity contribution in [2.24, 2.45) is 0 Å². The summed E-state index contributed by atoms with van der Waals surface area (Å²) in [4.78, 5) is 27.7. The second-order valence-corrected chi connectivity index (χ2v) is 4.08. The summed E-state index contributed by atoms with van der Waals surface area (Å²) in [6.07, 6.45) is 0.529. The van der Waals surface area contributed by atoms with Gasteiger partial charge in [0, 0.05) is 0 Å². The van der Waals surface area contributed by atoms with E-state index in [9.17, 15) is 9.59 Å². The first kappa shape index (κ1) is 12.0. The molecule has 0 saturated heterocycles. The van der Waals surface area contributed by atoms with Gasteiger partial charge >= 0.3 is 12.1 Å². The van der Waals surface area contributed by atoms with Gasteiger partial charge in [-0.25, -0.2) is 14.6 Å². The molecule has 1 rings (SSSR count). The number of aromatic carboxylic acids is 1. The van der Waals surface area contributed by atoms with Crippen molar-refractivity contribution in [1.82, 2.24) is 9.97 Å². The Morgan fingerprint density at radius 2 is 2.12 bits per heavy atom. The normalized spacial score (nSPS) is 10.9. The molecule has 1 aromatic heterocycles. The summed E-state index contributed by atoms with van der Waals surface area (Å²) in [6, 6.07) is 0. The lowest BCUT2D eigenvalue weighted by atomic mass is 10.2. The van der Waals surface area contributed by atoms with Crippen molar-refractivity contribution in [2.45, 2.75) is 26.4 Å². The molecular formula is C9H13N3O4. The highest BCUT2D eigenvalue weighted by atomic mass is 16.6. The van der Waals surface area contributed by atoms with Gasteiger partial charge in [-0.3, -0.25) is 5.32 Å². The molecule has 0 atom stereocenters. The monoisotopic (exact) mass is 227 g/mol. The van der Waals surface area contributed by atoms with Gasteiger partial charge in [-0.2, -0.15) is 0 Å². The molecular weight excluding hydrogens is 214 g/mol. The third kappa shape index (κ3) is 3.60. The van der Waals surface area contributed by atoms with Gasteiger partial charge < -0.3 is 14.8 Å². The summed E-state index contributed by atoms with van der Waals surface area (Å²) in [7, 11) is 0. The largest absolute Gasteiger partial charge is 0.475 e. The van der Waals surface area contributed by atoms with Crippen LogP contribution in [0.3, 0.4) is 0 Å². The van der Waals surface area contributed by atoms with Gasteiger partial charge in [0.05, 0.1) is 6.20 Å². The first-order valence-electron chi connectivity index (χ1n) is 4.56. The first-order chi connectivity index (χ1) is 7.28. The molecule has 16 heavy (non-hydrogen) atoms. The number of anilines is 1. The predicted octanol–water partition coefficient (Wildman–Crippen LogP) is 1.45. The van der Waals surface area contributed by atoms with E-state index in [1.54, 1.807) is 20.8 Å². The van der Waals surface area contributed by atoms with E-state index in [1.807, 2.05) is 0 Å². The molecule has 0 aliphatic rings. The molecule has 7 nitrogen and oxygen atoms in total. The van der Waals surface area contributed by atoms with Crippen LogP contribution in [0.4, 0.5) is 10.6 Å². The number of aromatic nitrogens is 2. The number of nitrogens with one attached hydrogen (secondary N) is 2. The minimum atomic E-state index is -1.20. The minimum Gasteiger partial charge on any atom is -0.475 e. The van der Waals surface area contributed by atoms with Gasteiger partial charge in [0.1, 0.15) is 11.4 Å². The number of aromatic amines is 1. The Bertz CT molecular complexity index is 405. The van der Waals surface area contributed by atoms with Crippen molar-refractivity contribution in [3.05, 3.63) is 12.0 Å². The molecule has 1 aromatic rings. The van der Waals surface area contributed by atoms with Crippen LogP contribution in [0.1, 0.15) is 31.4 Å². The number of hydrogen-bond acceptors (Lipinski definition) is 4. The van der Waals surface area contributed by atoms with Crippen LogP contribution in [0.25, 0.3) is 0 Å². The van der Waals surface area contributed by atoms with Crippen LogP contribution < -0.4 is 5.32 Å². The zero-order chi connectivity index (χ0) is 12.3. The smallest absolute Gasteiger partial charge is 0.413 e. The van der Waals surface area contributed by atoms with Crippen LogP contribution in [0.15, 0.2) is 6.20 Å². The molecule has 0 saturated carbocycles. The summed E-state index contributed by atoms with van der Waals surface area (Å²) in [5.41, 5.74) is -0.611. The Kier molecular flexibility index (Phi) is 3.17. The molecule has 1 heterocycles. The SMILES string of the molecule is CC(C)(C)OC(=O)Nc1cnc(C(=O)O)[nH]1. The van der Waals surface area contributed by atoms with Crippen LogP contribution in [-0.2, 0) is 4.74 Å². The summed E-state index contributed by atoms with van der Waals surface area (Å²) in [5.74, 6) is -1.27. The second kappa shape index (κ2) is 4.21. The van der Waals surface area contributed by atoms with Crippen LogP contribution in [0, 0.1) is 0 Å². The van der Waals surface area contributed by atoms with Gasteiger partial charge in [-0.05, 0) is 20.8 Å². The molecule has 0 aliphatic carbocycles. The van der Waals surface area contributed by atoms with Crippen molar-refractivity contribution in [2.75, 3.05) is 5.32 Å². The van der Waals surface area contributed by atoms with E-state index in [-0.39, 0.29) is 11.6 Å². The minimum absolute atomic E-state index is 0.173. The lowest BCUT2D eigenvalue weighted by Crippen LogP contribution is -2.27. The molecule has 0 bridgehead atoms. The fourth-order valence-corrected chi connectivity index (χ4v) is 0.907. The Morgan fingerprint density at radius 1 is 1.50 bits per heavy atom. The molecule has 3 N–H and O–H groups in total. The molecule has 0 aliphatic heterocycles. The highest BCUT2D eigenvalue weighted by molar-refractivity contribution is 5.87. The maximum absolute atomic E-state index is 11.3. The third-order valence-corrected chi connectivity index (χ3v) is 1.41. The number of carboxylic acids is 1. The number of ether oxygens (including phenoxy) is 1. The number of carboxylic acid groups (broad SMARTS) is 1. The van der Waals surface area contributed by atoms with Crippen molar-refractivity contribution in [3.8, 4) is 0 Å². The van der Waals surface area contributed by atoms with Gasteiger partial charge in [0.15, 0.2) is 0 Å². The van der Waals surface area contributed by atoms with Gasteiger partial charge in [-0.15, -0.1) is 0 Å². The van der Waals surface area contributed by atoms with E-state index < -0.39 is 17.7 Å². The lowest BCUT2D eigenvalue weighted by molar-refractivity contribution is 0.0631. The second-order valence-electron chi connectivity index (χ2n) is 4.08. The molecule has 1 amide bonds. The van der Waals surface area contributed by atoms with Gasteiger partial charge in [0.25, 0.3) is 0 Å². The number of H-pyrrole nitrogens is 1. The number of imidazole rings is 1. The van der Waals surface area contributed by atoms with Gasteiger partial charge in [0.2, 0.25) is 5.82 Å². The highest BCUT2D eigenvalue weighted by Crippen LogP contribution is 2.10. The molecule has 0 aromatic carbocycles. The Balaban J connectivity index is 2.60. The number of hydrogen-bond donors (Lipinski definition) is 3. The van der Waals surface area contributed by atoms with Crippen molar-refractivity contribution in [3.63, 3.8) is 0 Å². The predicted molar refractivity (Wildman–Crippen MR) is 55.4 cm³/mol. The highest BCUT2D eigenvalue weighted by Gasteiger charge is 2.17. The van der Waals surface area contributed by atoms with Crippen LogP contribution in [-0.4, -0.2) is 32.7 Å². The maximum atomic E-state index is 11.3. The summed E-state index contributed by atoms with van der Waals surface area (Å²) < 4.78 is 4.97. The Hall–Kier alpha value is -2.05. The topological polar surface area (TPSA) is 104 Å². The molecule has 0 unspecified atom stereocenters. The fraction of sp³-hybridized carbons (Fsp3) is 0.444. The standard InChI is InChI=1S/C9H13N3O4/c1-9(2,3)16-8(15)12-5-4-10-6(11-5)7(13)14/h4H,1-3H3,(H,10,11)(H,12,15)(H,13,14). The molecule has 0 radical (unpaired) electrons. The zero-order valence-corrected chi connectivity index (χ0v) is 9.20. The fourth-order valence-electron chi connectivity index (χ4n) is 0.907. The van der Waals surface area contributed by atoms with E-state index in [0.717, 1.165) is 0 Å². The maximum Gasteiger partial charge on any atom is 0.413 e. The van der Waals surface area contributed by atoms with Crippen LogP contribution >= 0.6 is 0 Å². The first-order valence-corrected chi connectivity index (χ1v) is 4.56. The van der Waals surface area contributed by atoms with Crippen LogP contribution in [0.2, 0.25) is 0 Å². The number of carbonyl (C=O) groups excluding carboxylic acids is 1. The van der Waals surface area contributed by atoms with E-state index >= 15 is 0 Å². The van der Waals surface area contributed by atoms with E-state index in [1.165, 1.54) is 6.20 Å². The zero-order valence-electron chi connectivity index (χ0n) is 9.20. The lowest BCUT2D eigenvalue weighted by Gasteiger charge is -2.19. The number of rotatable bonds is 2. The van der Waals surface area contributed by atoms with E-state index in [0.29, 0.717) is 0 Å². The summed E-state index contributed by atoms with van der Waals surface area (Å²) in [6.45, 7) is 5.17. The average Bonchev–Trinajstić information content (AvgIpc) is 2.48. The number of carbonyl (C=O) groups is 2. The third-order valence-electron chi connectivity index (χ3n) is 1.41. The molecule has 88 valence electrons. The summed E-state index contributed by atoms with van der Waals surface area (Å²) >= 11 is 0. The van der Waals surface area contributed by atoms with E-state index in [4.69, 9.17) is 9.84 Å². The molecule has 7 heteroatoms. The van der Waals surface area contributed by atoms with Crippen molar-refractivity contribution < 1.29 is 19.4 Å². The molecule has 0 fully saturated rings. The summed E-state index contributed by atoms with van der Waals surface area (Å²) in [5, 5.41) is 10.9. The van der Waals surface area contributed by atoms with Crippen LogP contribution in [0.5, 0.6) is 0 Å². The quantitative estimate of drug-likeness (QED) is 0.709. The molecule has 0 spiro atoms. The van der Waals surface area contributed by atoms with Gasteiger partial charge in [-0.1, -0.05) is 0 Å².